The molecule has 7 nitrogen and oxygen atoms in total. The van der Waals surface area contributed by atoms with Crippen molar-refractivity contribution in [2.45, 2.75) is 39.2 Å². The highest BCUT2D eigenvalue weighted by atomic mass is 32.1. The number of aromatic amines is 1. The summed E-state index contributed by atoms with van der Waals surface area (Å²) in [6.45, 7) is 3.83. The van der Waals surface area contributed by atoms with Crippen LogP contribution in [-0.4, -0.2) is 15.9 Å². The van der Waals surface area contributed by atoms with Crippen molar-refractivity contribution in [3.8, 4) is 0 Å². The van der Waals surface area contributed by atoms with Crippen LogP contribution in [0.5, 0.6) is 0 Å². The Morgan fingerprint density at radius 3 is 3.07 bits per heavy atom. The van der Waals surface area contributed by atoms with Gasteiger partial charge in [0.1, 0.15) is 4.83 Å². The zero-order chi connectivity index (χ0) is 19.1. The molecule has 0 unspecified atom stereocenters. The average Bonchev–Trinajstić information content (AvgIpc) is 2.99. The molecule has 1 aliphatic rings. The molecule has 8 heteroatoms. The molecule has 3 aromatic heterocycles. The van der Waals surface area contributed by atoms with Gasteiger partial charge in [-0.3, -0.25) is 4.79 Å². The molecule has 3 heterocycles. The first-order valence-electron chi connectivity index (χ1n) is 8.87. The van der Waals surface area contributed by atoms with Crippen molar-refractivity contribution in [3.63, 3.8) is 0 Å². The minimum Gasteiger partial charge on any atom is -0.618 e. The maximum atomic E-state index is 12.6. The summed E-state index contributed by atoms with van der Waals surface area (Å²) in [5.74, 6) is 0.120. The molecular weight excluding hydrogens is 366 g/mol. The van der Waals surface area contributed by atoms with Crippen LogP contribution in [0.2, 0.25) is 0 Å². The molecule has 2 atom stereocenters. The highest BCUT2D eigenvalue weighted by Gasteiger charge is 2.25. The number of carbonyl (C=O) groups excluding carboxylic acids is 1. The minimum absolute atomic E-state index is 0.117. The van der Waals surface area contributed by atoms with Crippen LogP contribution in [0, 0.1) is 11.1 Å². The number of hydrogen-bond acceptors (Lipinski definition) is 6. The van der Waals surface area contributed by atoms with Gasteiger partial charge in [0.2, 0.25) is 0 Å². The third kappa shape index (κ3) is 3.21. The molecule has 0 aliphatic heterocycles. The van der Waals surface area contributed by atoms with Crippen LogP contribution < -0.4 is 10.3 Å². The lowest BCUT2D eigenvalue weighted by molar-refractivity contribution is -0.608. The van der Waals surface area contributed by atoms with Crippen molar-refractivity contribution in [3.05, 3.63) is 61.9 Å². The van der Waals surface area contributed by atoms with E-state index in [9.17, 15) is 14.8 Å². The second-order valence-corrected chi connectivity index (χ2v) is 8.03. The zero-order valence-electron chi connectivity index (χ0n) is 15.0. The lowest BCUT2D eigenvalue weighted by atomic mass is 9.89. The number of aryl methyl sites for hydroxylation is 1. The van der Waals surface area contributed by atoms with Gasteiger partial charge < -0.3 is 14.9 Å². The number of carbonyl (C=O) groups is 1. The fraction of sp³-hybridized carbons (Fsp3) is 0.368. The van der Waals surface area contributed by atoms with Crippen molar-refractivity contribution >= 4 is 27.5 Å². The van der Waals surface area contributed by atoms with E-state index >= 15 is 0 Å². The zero-order valence-corrected chi connectivity index (χ0v) is 15.8. The summed E-state index contributed by atoms with van der Waals surface area (Å²) in [6.07, 6.45) is 3.37. The summed E-state index contributed by atoms with van der Waals surface area (Å²) in [6, 6.07) is 4.49. The highest BCUT2D eigenvalue weighted by Crippen LogP contribution is 2.35. The fourth-order valence-electron chi connectivity index (χ4n) is 3.42. The van der Waals surface area contributed by atoms with Crippen LogP contribution in [0.1, 0.15) is 53.1 Å². The van der Waals surface area contributed by atoms with Crippen LogP contribution in [-0.2, 0) is 17.6 Å². The molecule has 0 aromatic carbocycles. The van der Waals surface area contributed by atoms with E-state index in [1.807, 2.05) is 0 Å². The molecule has 0 saturated carbocycles. The minimum atomic E-state index is -0.784. The number of pyridine rings is 1. The Hall–Kier alpha value is -2.74. The SMILES string of the molecule is C[C@H]1CCc2c(sc3nc([C@H](C)OC(=O)c4cccc[n+]4[O-])[nH]c(=O)c23)C1. The molecule has 0 bridgehead atoms. The van der Waals surface area contributed by atoms with E-state index in [2.05, 4.69) is 16.9 Å². The van der Waals surface area contributed by atoms with Gasteiger partial charge >= 0.3 is 11.7 Å². The largest absolute Gasteiger partial charge is 0.618 e. The predicted octanol–water partition coefficient (Wildman–Crippen LogP) is 2.66. The number of H-pyrrole nitrogens is 1. The standard InChI is InChI=1S/C19H19N3O4S/c1-10-6-7-12-14(9-10)27-18-15(12)17(23)20-16(21-18)11(2)26-19(24)13-5-3-4-8-22(13)25/h3-5,8,10-11H,6-7,9H2,1-2H3,(H,20,21,23)/t10-,11-/m0/s1. The number of ether oxygens (including phenoxy) is 1. The first-order chi connectivity index (χ1) is 12.9. The first kappa shape index (κ1) is 17.7. The van der Waals surface area contributed by atoms with Gasteiger partial charge in [0.05, 0.1) is 5.39 Å². The average molecular weight is 385 g/mol. The Balaban J connectivity index is 1.65. The highest BCUT2D eigenvalue weighted by molar-refractivity contribution is 7.18. The van der Waals surface area contributed by atoms with Gasteiger partial charge in [-0.1, -0.05) is 6.92 Å². The van der Waals surface area contributed by atoms with Crippen molar-refractivity contribution in [1.29, 1.82) is 0 Å². The number of rotatable bonds is 3. The second-order valence-electron chi connectivity index (χ2n) is 6.94. The molecular formula is C19H19N3O4S. The summed E-state index contributed by atoms with van der Waals surface area (Å²) in [4.78, 5) is 34.1. The van der Waals surface area contributed by atoms with Gasteiger partial charge in [-0.15, -0.1) is 11.3 Å². The molecule has 0 spiro atoms. The monoisotopic (exact) mass is 385 g/mol. The van der Waals surface area contributed by atoms with Crippen LogP contribution in [0.4, 0.5) is 0 Å². The number of hydrogen-bond donors (Lipinski definition) is 1. The molecule has 0 saturated heterocycles. The van der Waals surface area contributed by atoms with Crippen LogP contribution in [0.25, 0.3) is 10.2 Å². The van der Waals surface area contributed by atoms with E-state index in [0.29, 0.717) is 20.9 Å². The van der Waals surface area contributed by atoms with E-state index in [1.165, 1.54) is 23.2 Å². The normalized spacial score (nSPS) is 17.5. The number of nitrogens with one attached hydrogen (secondary N) is 1. The molecule has 0 radical (unpaired) electrons. The van der Waals surface area contributed by atoms with E-state index in [4.69, 9.17) is 4.74 Å². The summed E-state index contributed by atoms with van der Waals surface area (Å²) in [5.41, 5.74) is 0.784. The molecule has 3 aromatic rings. The Labute approximate surface area is 159 Å². The molecule has 4 rings (SSSR count). The quantitative estimate of drug-likeness (QED) is 0.424. The summed E-state index contributed by atoms with van der Waals surface area (Å²) >= 11 is 1.54. The van der Waals surface area contributed by atoms with Gasteiger partial charge in [-0.2, -0.15) is 4.73 Å². The van der Waals surface area contributed by atoms with Gasteiger partial charge in [-0.25, -0.2) is 9.78 Å². The first-order valence-corrected chi connectivity index (χ1v) is 9.69. The molecule has 1 aliphatic carbocycles. The van der Waals surface area contributed by atoms with Crippen molar-refractivity contribution in [1.82, 2.24) is 9.97 Å². The van der Waals surface area contributed by atoms with Crippen LogP contribution >= 0.6 is 11.3 Å². The number of fused-ring (bicyclic) bond motifs is 3. The maximum absolute atomic E-state index is 12.6. The third-order valence-electron chi connectivity index (χ3n) is 4.89. The van der Waals surface area contributed by atoms with E-state index in [0.717, 1.165) is 24.8 Å². The van der Waals surface area contributed by atoms with E-state index < -0.39 is 12.1 Å². The third-order valence-corrected chi connectivity index (χ3v) is 6.03. The van der Waals surface area contributed by atoms with Gasteiger partial charge in [0.25, 0.3) is 5.56 Å². The Morgan fingerprint density at radius 1 is 1.48 bits per heavy atom. The van der Waals surface area contributed by atoms with Crippen molar-refractivity contribution < 1.29 is 14.3 Å². The van der Waals surface area contributed by atoms with Crippen molar-refractivity contribution in [2.75, 3.05) is 0 Å². The van der Waals surface area contributed by atoms with E-state index in [1.54, 1.807) is 24.3 Å². The molecule has 1 N–H and O–H groups in total. The number of nitrogens with zero attached hydrogens (tertiary/aromatic N) is 2. The van der Waals surface area contributed by atoms with Crippen LogP contribution in [0.15, 0.2) is 29.2 Å². The molecule has 0 amide bonds. The lowest BCUT2D eigenvalue weighted by Gasteiger charge is -2.17. The van der Waals surface area contributed by atoms with Crippen LogP contribution in [0.3, 0.4) is 0 Å². The van der Waals surface area contributed by atoms with E-state index in [-0.39, 0.29) is 17.1 Å². The molecule has 0 fully saturated rings. The summed E-state index contributed by atoms with van der Waals surface area (Å²) in [7, 11) is 0. The Bertz CT molecular complexity index is 1090. The van der Waals surface area contributed by atoms with Crippen molar-refractivity contribution in [2.24, 2.45) is 5.92 Å². The number of aromatic nitrogens is 3. The number of thiophene rings is 1. The topological polar surface area (TPSA) is 99.0 Å². The summed E-state index contributed by atoms with van der Waals surface area (Å²) in [5, 5.41) is 12.3. The Kier molecular flexibility index (Phi) is 4.43. The summed E-state index contributed by atoms with van der Waals surface area (Å²) < 4.78 is 5.79. The van der Waals surface area contributed by atoms with Gasteiger partial charge in [0.15, 0.2) is 18.1 Å². The molecule has 140 valence electrons. The maximum Gasteiger partial charge on any atom is 0.405 e. The fourth-order valence-corrected chi connectivity index (χ4v) is 4.81. The second kappa shape index (κ2) is 6.77. The lowest BCUT2D eigenvalue weighted by Crippen LogP contribution is -2.35. The van der Waals surface area contributed by atoms with Gasteiger partial charge in [-0.05, 0) is 43.7 Å². The predicted molar refractivity (Wildman–Crippen MR) is 101 cm³/mol. The number of esters is 1. The Morgan fingerprint density at radius 2 is 2.30 bits per heavy atom. The molecule has 27 heavy (non-hydrogen) atoms. The van der Waals surface area contributed by atoms with Gasteiger partial charge in [0, 0.05) is 17.0 Å². The smallest absolute Gasteiger partial charge is 0.405 e.